The van der Waals surface area contributed by atoms with E-state index in [0.29, 0.717) is 4.90 Å². The second-order valence-electron chi connectivity index (χ2n) is 5.61. The van der Waals surface area contributed by atoms with Crippen LogP contribution >= 0.6 is 0 Å². The Hall–Kier alpha value is -0.910. The smallest absolute Gasteiger partial charge is 0.175 e. The quantitative estimate of drug-likeness (QED) is 0.826. The van der Waals surface area contributed by atoms with E-state index in [-0.39, 0.29) is 6.61 Å². The molecule has 0 amide bonds. The molecule has 106 valence electrons. The Kier molecular flexibility index (Phi) is 3.99. The summed E-state index contributed by atoms with van der Waals surface area (Å²) in [6.07, 6.45) is 3.70. The first kappa shape index (κ1) is 14.5. The van der Waals surface area contributed by atoms with Gasteiger partial charge in [-0.1, -0.05) is 12.1 Å². The van der Waals surface area contributed by atoms with Gasteiger partial charge in [0.05, 0.1) is 17.0 Å². The van der Waals surface area contributed by atoms with Crippen LogP contribution in [0.15, 0.2) is 29.2 Å². The van der Waals surface area contributed by atoms with Crippen molar-refractivity contribution >= 4 is 9.84 Å². The van der Waals surface area contributed by atoms with Gasteiger partial charge < -0.3 is 10.4 Å². The van der Waals surface area contributed by atoms with E-state index in [2.05, 4.69) is 5.32 Å². The van der Waals surface area contributed by atoms with Crippen LogP contribution in [0.25, 0.3) is 0 Å². The topological polar surface area (TPSA) is 66.4 Å². The maximum absolute atomic E-state index is 11.4. The van der Waals surface area contributed by atoms with E-state index in [0.717, 1.165) is 18.0 Å². The van der Waals surface area contributed by atoms with E-state index in [4.69, 9.17) is 0 Å². The van der Waals surface area contributed by atoms with Crippen molar-refractivity contribution in [1.29, 1.82) is 0 Å². The number of nitrogens with one attached hydrogen (secondary N) is 1. The number of aliphatic hydroxyl groups is 1. The number of rotatable bonds is 6. The van der Waals surface area contributed by atoms with Crippen molar-refractivity contribution in [2.75, 3.05) is 19.4 Å². The molecule has 0 saturated heterocycles. The first-order valence-corrected chi connectivity index (χ1v) is 8.41. The van der Waals surface area contributed by atoms with Crippen molar-refractivity contribution in [2.45, 2.75) is 30.2 Å². The summed E-state index contributed by atoms with van der Waals surface area (Å²) >= 11 is 0. The molecule has 0 aliphatic heterocycles. The van der Waals surface area contributed by atoms with Crippen LogP contribution in [0, 0.1) is 5.92 Å². The van der Waals surface area contributed by atoms with Crippen LogP contribution in [-0.4, -0.2) is 32.9 Å². The van der Waals surface area contributed by atoms with Crippen molar-refractivity contribution in [1.82, 2.24) is 5.32 Å². The fraction of sp³-hybridized carbons (Fsp3) is 0.571. The molecule has 2 N–H and O–H groups in total. The third-order valence-electron chi connectivity index (χ3n) is 3.71. The van der Waals surface area contributed by atoms with Gasteiger partial charge in [0.25, 0.3) is 0 Å². The molecule has 1 saturated carbocycles. The zero-order chi connectivity index (χ0) is 14.1. The maximum Gasteiger partial charge on any atom is 0.175 e. The number of sulfone groups is 1. The van der Waals surface area contributed by atoms with Crippen molar-refractivity contribution < 1.29 is 13.5 Å². The Labute approximate surface area is 114 Å². The lowest BCUT2D eigenvalue weighted by molar-refractivity contribution is 0.174. The lowest BCUT2D eigenvalue weighted by Crippen LogP contribution is -2.43. The van der Waals surface area contributed by atoms with Gasteiger partial charge in [0.1, 0.15) is 0 Å². The van der Waals surface area contributed by atoms with Crippen molar-refractivity contribution in [2.24, 2.45) is 5.92 Å². The SMILES string of the molecule is CC(CO)(NCC1CC1)c1ccc(S(C)(=O)=O)cc1. The fourth-order valence-corrected chi connectivity index (χ4v) is 2.64. The minimum atomic E-state index is -3.17. The summed E-state index contributed by atoms with van der Waals surface area (Å²) in [4.78, 5) is 0.304. The highest BCUT2D eigenvalue weighted by Gasteiger charge is 2.29. The van der Waals surface area contributed by atoms with Crippen LogP contribution in [0.5, 0.6) is 0 Å². The second-order valence-corrected chi connectivity index (χ2v) is 7.63. The molecular formula is C14H21NO3S. The highest BCUT2D eigenvalue weighted by atomic mass is 32.2. The van der Waals surface area contributed by atoms with Crippen molar-refractivity contribution in [3.05, 3.63) is 29.8 Å². The van der Waals surface area contributed by atoms with E-state index in [1.165, 1.54) is 19.1 Å². The Balaban J connectivity index is 2.17. The first-order chi connectivity index (χ1) is 8.85. The summed E-state index contributed by atoms with van der Waals surface area (Å²) in [6, 6.07) is 6.73. The largest absolute Gasteiger partial charge is 0.394 e. The average Bonchev–Trinajstić information content (AvgIpc) is 3.19. The van der Waals surface area contributed by atoms with Gasteiger partial charge in [0.2, 0.25) is 0 Å². The molecule has 4 nitrogen and oxygen atoms in total. The molecule has 1 aliphatic rings. The Bertz CT molecular complexity index is 534. The monoisotopic (exact) mass is 283 g/mol. The molecule has 1 aromatic rings. The highest BCUT2D eigenvalue weighted by Crippen LogP contribution is 2.30. The first-order valence-electron chi connectivity index (χ1n) is 6.52. The van der Waals surface area contributed by atoms with Gasteiger partial charge in [-0.2, -0.15) is 0 Å². The van der Waals surface area contributed by atoms with Crippen LogP contribution in [0.3, 0.4) is 0 Å². The summed E-state index contributed by atoms with van der Waals surface area (Å²) in [6.45, 7) is 2.81. The molecule has 1 aromatic carbocycles. The highest BCUT2D eigenvalue weighted by molar-refractivity contribution is 7.90. The zero-order valence-electron chi connectivity index (χ0n) is 11.4. The molecule has 0 heterocycles. The zero-order valence-corrected chi connectivity index (χ0v) is 12.2. The molecule has 1 fully saturated rings. The summed E-state index contributed by atoms with van der Waals surface area (Å²) in [5.74, 6) is 0.723. The van der Waals surface area contributed by atoms with Gasteiger partial charge in [-0.15, -0.1) is 0 Å². The summed E-state index contributed by atoms with van der Waals surface area (Å²) < 4.78 is 22.8. The minimum Gasteiger partial charge on any atom is -0.394 e. The fourth-order valence-electron chi connectivity index (χ4n) is 2.01. The normalized spacial score (nSPS) is 19.1. The van der Waals surface area contributed by atoms with E-state index in [1.807, 2.05) is 6.92 Å². The molecular weight excluding hydrogens is 262 g/mol. The second kappa shape index (κ2) is 5.23. The third kappa shape index (κ3) is 3.55. The summed E-state index contributed by atoms with van der Waals surface area (Å²) in [5.41, 5.74) is 0.390. The molecule has 1 aliphatic carbocycles. The molecule has 5 heteroatoms. The molecule has 0 spiro atoms. The molecule has 2 rings (SSSR count). The molecule has 1 unspecified atom stereocenters. The Morgan fingerprint density at radius 3 is 2.32 bits per heavy atom. The molecule has 0 bridgehead atoms. The Morgan fingerprint density at radius 1 is 1.32 bits per heavy atom. The summed E-state index contributed by atoms with van der Waals surface area (Å²) in [5, 5.41) is 13.0. The van der Waals surface area contributed by atoms with E-state index < -0.39 is 15.4 Å². The summed E-state index contributed by atoms with van der Waals surface area (Å²) in [7, 11) is -3.17. The van der Waals surface area contributed by atoms with Crippen LogP contribution in [-0.2, 0) is 15.4 Å². The van der Waals surface area contributed by atoms with Gasteiger partial charge in [-0.25, -0.2) is 8.42 Å². The lowest BCUT2D eigenvalue weighted by Gasteiger charge is -2.29. The van der Waals surface area contributed by atoms with Crippen molar-refractivity contribution in [3.8, 4) is 0 Å². The van der Waals surface area contributed by atoms with Crippen molar-refractivity contribution in [3.63, 3.8) is 0 Å². The van der Waals surface area contributed by atoms with E-state index >= 15 is 0 Å². The number of hydrogen-bond donors (Lipinski definition) is 2. The van der Waals surface area contributed by atoms with Gasteiger partial charge in [-0.3, -0.25) is 0 Å². The molecule has 1 atom stereocenters. The molecule has 0 aromatic heterocycles. The van der Waals surface area contributed by atoms with Crippen LogP contribution in [0.1, 0.15) is 25.3 Å². The predicted octanol–water partition coefficient (Wildman–Crippen LogP) is 1.30. The molecule has 0 radical (unpaired) electrons. The van der Waals surface area contributed by atoms with Gasteiger partial charge in [0.15, 0.2) is 9.84 Å². The van der Waals surface area contributed by atoms with Crippen LogP contribution < -0.4 is 5.32 Å². The van der Waals surface area contributed by atoms with Crippen LogP contribution in [0.2, 0.25) is 0 Å². The average molecular weight is 283 g/mol. The maximum atomic E-state index is 11.4. The standard InChI is InChI=1S/C14H21NO3S/c1-14(10-16,15-9-11-3-4-11)12-5-7-13(8-6-12)19(2,17)18/h5-8,11,15-16H,3-4,9-10H2,1-2H3. The van der Waals surface area contributed by atoms with Gasteiger partial charge >= 0.3 is 0 Å². The minimum absolute atomic E-state index is 0.0159. The van der Waals surface area contributed by atoms with Crippen LogP contribution in [0.4, 0.5) is 0 Å². The number of benzene rings is 1. The third-order valence-corrected chi connectivity index (χ3v) is 4.84. The Morgan fingerprint density at radius 2 is 1.89 bits per heavy atom. The van der Waals surface area contributed by atoms with E-state index in [9.17, 15) is 13.5 Å². The molecule has 19 heavy (non-hydrogen) atoms. The number of hydrogen-bond acceptors (Lipinski definition) is 4. The predicted molar refractivity (Wildman–Crippen MR) is 74.7 cm³/mol. The van der Waals surface area contributed by atoms with E-state index in [1.54, 1.807) is 24.3 Å². The van der Waals surface area contributed by atoms with Gasteiger partial charge in [-0.05, 0) is 49.9 Å². The lowest BCUT2D eigenvalue weighted by atomic mass is 9.93. The van der Waals surface area contributed by atoms with Gasteiger partial charge in [0, 0.05) is 6.26 Å². The number of aliphatic hydroxyl groups excluding tert-OH is 1.